The van der Waals surface area contributed by atoms with Gasteiger partial charge in [-0.15, -0.1) is 0 Å². The molecule has 0 radical (unpaired) electrons. The molecule has 1 heterocycles. The molecule has 0 bridgehead atoms. The van der Waals surface area contributed by atoms with Crippen molar-refractivity contribution in [2.45, 2.75) is 32.5 Å². The van der Waals surface area contributed by atoms with Gasteiger partial charge in [-0.2, -0.15) is 5.26 Å². The molecule has 1 fully saturated rings. The Bertz CT molecular complexity index is 481. The minimum atomic E-state index is -0.267. The molecule has 4 heteroatoms. The van der Waals surface area contributed by atoms with Crippen molar-refractivity contribution in [1.29, 1.82) is 5.26 Å². The Labute approximate surface area is 121 Å². The molecule has 4 nitrogen and oxygen atoms in total. The Morgan fingerprint density at radius 3 is 2.90 bits per heavy atom. The summed E-state index contributed by atoms with van der Waals surface area (Å²) in [5, 5.41) is 18.4. The number of aliphatic hydroxyl groups is 1. The van der Waals surface area contributed by atoms with E-state index in [0.29, 0.717) is 6.04 Å². The molecule has 1 aliphatic rings. The molecular formula is C16H23N3O. The molecule has 0 aliphatic carbocycles. The van der Waals surface area contributed by atoms with Gasteiger partial charge in [0.15, 0.2) is 0 Å². The van der Waals surface area contributed by atoms with E-state index in [1.54, 1.807) is 0 Å². The quantitative estimate of drug-likeness (QED) is 0.902. The summed E-state index contributed by atoms with van der Waals surface area (Å²) in [4.78, 5) is 4.76. The summed E-state index contributed by atoms with van der Waals surface area (Å²) >= 11 is 0. The van der Waals surface area contributed by atoms with Crippen LogP contribution >= 0.6 is 0 Å². The average Bonchev–Trinajstić information content (AvgIpc) is 2.42. The zero-order chi connectivity index (χ0) is 14.5. The van der Waals surface area contributed by atoms with Crippen molar-refractivity contribution in [3.05, 3.63) is 35.4 Å². The van der Waals surface area contributed by atoms with E-state index in [1.807, 2.05) is 25.1 Å². The van der Waals surface area contributed by atoms with Crippen molar-refractivity contribution < 1.29 is 5.11 Å². The molecule has 1 aliphatic heterocycles. The van der Waals surface area contributed by atoms with Gasteiger partial charge in [-0.25, -0.2) is 0 Å². The number of benzene rings is 1. The van der Waals surface area contributed by atoms with Crippen molar-refractivity contribution >= 4 is 0 Å². The number of nitriles is 1. The Morgan fingerprint density at radius 1 is 1.45 bits per heavy atom. The number of piperazine rings is 1. The number of nitrogens with zero attached hydrogens (tertiary/aromatic N) is 3. The number of rotatable bonds is 4. The van der Waals surface area contributed by atoms with Crippen molar-refractivity contribution in [2.24, 2.45) is 0 Å². The smallest absolute Gasteiger partial charge is 0.0991 e. The first-order valence-electron chi connectivity index (χ1n) is 7.22. The van der Waals surface area contributed by atoms with Crippen LogP contribution in [0.3, 0.4) is 0 Å². The van der Waals surface area contributed by atoms with Gasteiger partial charge in [0.05, 0.1) is 17.7 Å². The summed E-state index contributed by atoms with van der Waals surface area (Å²) < 4.78 is 0. The van der Waals surface area contributed by atoms with Crippen molar-refractivity contribution in [1.82, 2.24) is 9.80 Å². The highest BCUT2D eigenvalue weighted by atomic mass is 16.3. The highest BCUT2D eigenvalue weighted by molar-refractivity contribution is 5.32. The van der Waals surface area contributed by atoms with Gasteiger partial charge in [0.2, 0.25) is 0 Å². The lowest BCUT2D eigenvalue weighted by molar-refractivity contribution is 0.0423. The molecule has 0 spiro atoms. The molecular weight excluding hydrogens is 250 g/mol. The van der Waals surface area contributed by atoms with E-state index in [9.17, 15) is 5.11 Å². The zero-order valence-electron chi connectivity index (χ0n) is 12.3. The van der Waals surface area contributed by atoms with Crippen LogP contribution in [0.25, 0.3) is 0 Å². The Morgan fingerprint density at radius 2 is 2.25 bits per heavy atom. The predicted molar refractivity (Wildman–Crippen MR) is 79.1 cm³/mol. The summed E-state index contributed by atoms with van der Waals surface area (Å²) in [6, 6.07) is 10.5. The van der Waals surface area contributed by atoms with Gasteiger partial charge >= 0.3 is 0 Å². The van der Waals surface area contributed by atoms with Gasteiger partial charge in [0.25, 0.3) is 0 Å². The summed E-state index contributed by atoms with van der Waals surface area (Å²) in [6.45, 7) is 8.69. The van der Waals surface area contributed by atoms with E-state index in [-0.39, 0.29) is 6.10 Å². The minimum Gasteiger partial charge on any atom is -0.392 e. The zero-order valence-corrected chi connectivity index (χ0v) is 12.3. The third-order valence-electron chi connectivity index (χ3n) is 3.81. The van der Waals surface area contributed by atoms with E-state index in [2.05, 4.69) is 28.9 Å². The summed E-state index contributed by atoms with van der Waals surface area (Å²) in [5.41, 5.74) is 1.92. The van der Waals surface area contributed by atoms with Crippen LogP contribution in [0, 0.1) is 11.3 Å². The Hall–Kier alpha value is -1.41. The van der Waals surface area contributed by atoms with Crippen LogP contribution in [-0.2, 0) is 6.54 Å². The molecule has 1 saturated heterocycles. The molecule has 20 heavy (non-hydrogen) atoms. The van der Waals surface area contributed by atoms with E-state index in [0.717, 1.165) is 38.3 Å². The molecule has 0 saturated carbocycles. The SMILES string of the molecule is C[C@H](O)CN1CCN(Cc2cccc(C#N)c2)C[C@H]1C. The summed E-state index contributed by atoms with van der Waals surface area (Å²) in [7, 11) is 0. The lowest BCUT2D eigenvalue weighted by atomic mass is 10.1. The second kappa shape index (κ2) is 6.85. The maximum absolute atomic E-state index is 9.50. The number of aliphatic hydroxyl groups excluding tert-OH is 1. The van der Waals surface area contributed by atoms with Gasteiger partial charge in [0.1, 0.15) is 0 Å². The van der Waals surface area contributed by atoms with Crippen LogP contribution < -0.4 is 0 Å². The first-order valence-corrected chi connectivity index (χ1v) is 7.22. The van der Waals surface area contributed by atoms with Crippen molar-refractivity contribution in [3.63, 3.8) is 0 Å². The summed E-state index contributed by atoms with van der Waals surface area (Å²) in [6.07, 6.45) is -0.267. The molecule has 1 aromatic rings. The van der Waals surface area contributed by atoms with Gasteiger partial charge in [-0.3, -0.25) is 9.80 Å². The maximum atomic E-state index is 9.50. The topological polar surface area (TPSA) is 50.5 Å². The molecule has 0 unspecified atom stereocenters. The second-order valence-corrected chi connectivity index (χ2v) is 5.74. The van der Waals surface area contributed by atoms with Crippen LogP contribution in [0.4, 0.5) is 0 Å². The number of hydrogen-bond donors (Lipinski definition) is 1. The van der Waals surface area contributed by atoms with Crippen molar-refractivity contribution in [3.8, 4) is 6.07 Å². The molecule has 0 aromatic heterocycles. The standard InChI is InChI=1S/C16H23N3O/c1-13-10-18(6-7-19(13)11-14(2)20)12-16-5-3-4-15(8-16)9-17/h3-5,8,13-14,20H,6-7,10-12H2,1-2H3/t13-,14+/m1/s1. The van der Waals surface area contributed by atoms with E-state index in [1.165, 1.54) is 5.56 Å². The normalized spacial score (nSPS) is 22.4. The third kappa shape index (κ3) is 4.04. The maximum Gasteiger partial charge on any atom is 0.0991 e. The molecule has 108 valence electrons. The fourth-order valence-electron chi connectivity index (χ4n) is 2.82. The first-order chi connectivity index (χ1) is 9.58. The fraction of sp³-hybridized carbons (Fsp3) is 0.562. The van der Waals surface area contributed by atoms with Crippen LogP contribution in [0.15, 0.2) is 24.3 Å². The second-order valence-electron chi connectivity index (χ2n) is 5.74. The highest BCUT2D eigenvalue weighted by Crippen LogP contribution is 2.14. The highest BCUT2D eigenvalue weighted by Gasteiger charge is 2.24. The number of hydrogen-bond acceptors (Lipinski definition) is 4. The minimum absolute atomic E-state index is 0.267. The van der Waals surface area contributed by atoms with Crippen LogP contribution in [0.2, 0.25) is 0 Å². The van der Waals surface area contributed by atoms with E-state index >= 15 is 0 Å². The summed E-state index contributed by atoms with van der Waals surface area (Å²) in [5.74, 6) is 0. The largest absolute Gasteiger partial charge is 0.392 e. The van der Waals surface area contributed by atoms with Crippen LogP contribution in [0.1, 0.15) is 25.0 Å². The van der Waals surface area contributed by atoms with E-state index < -0.39 is 0 Å². The monoisotopic (exact) mass is 273 g/mol. The van der Waals surface area contributed by atoms with Gasteiger partial charge in [-0.05, 0) is 31.5 Å². The van der Waals surface area contributed by atoms with Crippen LogP contribution in [0.5, 0.6) is 0 Å². The van der Waals surface area contributed by atoms with Crippen molar-refractivity contribution in [2.75, 3.05) is 26.2 Å². The lowest BCUT2D eigenvalue weighted by Gasteiger charge is -2.40. The lowest BCUT2D eigenvalue weighted by Crippen LogP contribution is -2.53. The van der Waals surface area contributed by atoms with E-state index in [4.69, 9.17) is 5.26 Å². The average molecular weight is 273 g/mol. The fourth-order valence-corrected chi connectivity index (χ4v) is 2.82. The number of β-amino-alcohol motifs (C(OH)–C–C–N with tert-alkyl or cyclic N) is 1. The predicted octanol–water partition coefficient (Wildman–Crippen LogP) is 1.45. The third-order valence-corrected chi connectivity index (χ3v) is 3.81. The molecule has 2 atom stereocenters. The van der Waals surface area contributed by atoms with Gasteiger partial charge in [0, 0.05) is 38.8 Å². The first kappa shape index (κ1) is 15.0. The molecule has 1 aromatic carbocycles. The Balaban J connectivity index is 1.91. The Kier molecular flexibility index (Phi) is 5.13. The molecule has 0 amide bonds. The van der Waals surface area contributed by atoms with Crippen LogP contribution in [-0.4, -0.2) is 53.2 Å². The van der Waals surface area contributed by atoms with Gasteiger partial charge in [-0.1, -0.05) is 12.1 Å². The molecule has 2 rings (SSSR count). The molecule has 1 N–H and O–H groups in total. The van der Waals surface area contributed by atoms with Gasteiger partial charge < -0.3 is 5.11 Å².